The predicted octanol–water partition coefficient (Wildman–Crippen LogP) is -0.987. The third-order valence-corrected chi connectivity index (χ3v) is 1.74. The molecule has 1 aliphatic rings. The molecule has 76 valence electrons. The zero-order chi connectivity index (χ0) is 8.81. The largest absolute Gasteiger partial charge is 0.395 e. The molecule has 13 heavy (non-hydrogen) atoms. The van der Waals surface area contributed by atoms with E-state index in [1.807, 2.05) is 4.90 Å². The number of carbonyl (C=O) groups excluding carboxylic acids is 2. The van der Waals surface area contributed by atoms with Crippen LogP contribution in [0.15, 0.2) is 0 Å². The van der Waals surface area contributed by atoms with Gasteiger partial charge in [0, 0.05) is 26.2 Å². The first-order chi connectivity index (χ1) is 5.83. The zero-order valence-electron chi connectivity index (χ0n) is 7.19. The number of esters is 1. The fourth-order valence-electron chi connectivity index (χ4n) is 1.14. The molecule has 1 aliphatic heterocycles. The van der Waals surface area contributed by atoms with E-state index in [0.29, 0.717) is 0 Å². The van der Waals surface area contributed by atoms with Gasteiger partial charge in [0.15, 0.2) is 0 Å². The molecule has 1 saturated heterocycles. The highest BCUT2D eigenvalue weighted by molar-refractivity contribution is 5.85. The van der Waals surface area contributed by atoms with Gasteiger partial charge in [0.1, 0.15) is 0 Å². The molecule has 1 rings (SSSR count). The molecule has 0 spiro atoms. The number of nitrogens with zero attached hydrogens (tertiary/aromatic N) is 1. The maximum Gasteiger partial charge on any atom is 0.327 e. The van der Waals surface area contributed by atoms with E-state index in [0.717, 1.165) is 26.2 Å². The molecule has 1 fully saturated rings. The summed E-state index contributed by atoms with van der Waals surface area (Å²) in [4.78, 5) is 22.5. The predicted molar refractivity (Wildman–Crippen MR) is 48.7 cm³/mol. The second kappa shape index (κ2) is 6.82. The summed E-state index contributed by atoms with van der Waals surface area (Å²) < 4.78 is 4.16. The Morgan fingerprint density at radius 1 is 1.46 bits per heavy atom. The van der Waals surface area contributed by atoms with Crippen molar-refractivity contribution in [3.63, 3.8) is 0 Å². The average molecular weight is 209 g/mol. The first-order valence-corrected chi connectivity index (χ1v) is 3.89. The minimum atomic E-state index is -0.480. The second-order valence-electron chi connectivity index (χ2n) is 2.61. The Balaban J connectivity index is 0.00000144. The first kappa shape index (κ1) is 12.3. The van der Waals surface area contributed by atoms with E-state index in [-0.39, 0.29) is 25.4 Å². The van der Waals surface area contributed by atoms with Crippen molar-refractivity contribution in [2.75, 3.05) is 32.7 Å². The Hall–Kier alpha value is -0.650. The normalized spacial score (nSPS) is 17.2. The molecule has 0 aromatic carbocycles. The van der Waals surface area contributed by atoms with Crippen molar-refractivity contribution < 1.29 is 14.3 Å². The van der Waals surface area contributed by atoms with Crippen molar-refractivity contribution in [2.45, 2.75) is 0 Å². The molecule has 0 amide bonds. The highest BCUT2D eigenvalue weighted by Gasteiger charge is 2.13. The lowest BCUT2D eigenvalue weighted by atomic mass is 10.3. The van der Waals surface area contributed by atoms with Crippen LogP contribution >= 0.6 is 12.4 Å². The molecule has 6 heteroatoms. The molecular formula is C7H13ClN2O3. The molecule has 0 aromatic rings. The fraction of sp³-hybridized carbons (Fsp3) is 0.714. The van der Waals surface area contributed by atoms with Crippen LogP contribution in [0.4, 0.5) is 0 Å². The van der Waals surface area contributed by atoms with Crippen molar-refractivity contribution in [3.8, 4) is 0 Å². The molecule has 0 aromatic heterocycles. The molecule has 5 nitrogen and oxygen atoms in total. The Bertz CT molecular complexity index is 171. The quantitative estimate of drug-likeness (QED) is 0.367. The minimum absolute atomic E-state index is 0. The SMILES string of the molecule is Cl.O=COC(=O)CN1CCNCC1. The van der Waals surface area contributed by atoms with E-state index < -0.39 is 5.97 Å². The van der Waals surface area contributed by atoms with Gasteiger partial charge in [0.2, 0.25) is 0 Å². The van der Waals surface area contributed by atoms with E-state index in [1.165, 1.54) is 0 Å². The van der Waals surface area contributed by atoms with Gasteiger partial charge in [-0.25, -0.2) is 0 Å². The van der Waals surface area contributed by atoms with Crippen LogP contribution in [0, 0.1) is 0 Å². The minimum Gasteiger partial charge on any atom is -0.395 e. The van der Waals surface area contributed by atoms with Crippen LogP contribution in [0.5, 0.6) is 0 Å². The van der Waals surface area contributed by atoms with Crippen LogP contribution < -0.4 is 5.32 Å². The standard InChI is InChI=1S/C7H12N2O3.ClH/c10-6-12-7(11)5-9-3-1-8-2-4-9;/h6,8H,1-5H2;1H. The Kier molecular flexibility index (Phi) is 6.48. The van der Waals surface area contributed by atoms with Gasteiger partial charge in [-0.3, -0.25) is 14.5 Å². The lowest BCUT2D eigenvalue weighted by Gasteiger charge is -2.25. The van der Waals surface area contributed by atoms with Crippen molar-refractivity contribution in [3.05, 3.63) is 0 Å². The molecule has 1 N–H and O–H groups in total. The first-order valence-electron chi connectivity index (χ1n) is 3.89. The van der Waals surface area contributed by atoms with E-state index in [9.17, 15) is 9.59 Å². The van der Waals surface area contributed by atoms with Gasteiger partial charge in [0.25, 0.3) is 0 Å². The number of halogens is 1. The van der Waals surface area contributed by atoms with E-state index in [2.05, 4.69) is 10.1 Å². The Labute approximate surface area is 82.8 Å². The summed E-state index contributed by atoms with van der Waals surface area (Å²) in [5, 5.41) is 3.16. The maximum absolute atomic E-state index is 10.8. The summed E-state index contributed by atoms with van der Waals surface area (Å²) in [6, 6.07) is 0. The lowest BCUT2D eigenvalue weighted by Crippen LogP contribution is -2.45. The van der Waals surface area contributed by atoms with Gasteiger partial charge < -0.3 is 10.1 Å². The van der Waals surface area contributed by atoms with Crippen LogP contribution in [0.3, 0.4) is 0 Å². The van der Waals surface area contributed by atoms with Gasteiger partial charge in [-0.2, -0.15) is 0 Å². The molecule has 0 radical (unpaired) electrons. The molecule has 0 aliphatic carbocycles. The molecular weight excluding hydrogens is 196 g/mol. The van der Waals surface area contributed by atoms with Crippen LogP contribution in [0.25, 0.3) is 0 Å². The third kappa shape index (κ3) is 4.82. The maximum atomic E-state index is 10.8. The molecule has 0 atom stereocenters. The van der Waals surface area contributed by atoms with E-state index in [4.69, 9.17) is 0 Å². The molecule has 0 saturated carbocycles. The molecule has 0 unspecified atom stereocenters. The van der Waals surface area contributed by atoms with E-state index >= 15 is 0 Å². The van der Waals surface area contributed by atoms with Crippen LogP contribution in [-0.4, -0.2) is 50.1 Å². The second-order valence-corrected chi connectivity index (χ2v) is 2.61. The summed E-state index contributed by atoms with van der Waals surface area (Å²) in [6.07, 6.45) is 0. The number of rotatable bonds is 3. The fourth-order valence-corrected chi connectivity index (χ4v) is 1.14. The van der Waals surface area contributed by atoms with Crippen LogP contribution in [0.1, 0.15) is 0 Å². The molecule has 1 heterocycles. The van der Waals surface area contributed by atoms with Crippen molar-refractivity contribution in [1.29, 1.82) is 0 Å². The highest BCUT2D eigenvalue weighted by atomic mass is 35.5. The van der Waals surface area contributed by atoms with Crippen LogP contribution in [-0.2, 0) is 14.3 Å². The van der Waals surface area contributed by atoms with Crippen LogP contribution in [0.2, 0.25) is 0 Å². The number of piperazine rings is 1. The number of ether oxygens (including phenoxy) is 1. The Morgan fingerprint density at radius 3 is 2.62 bits per heavy atom. The van der Waals surface area contributed by atoms with Crippen molar-refractivity contribution >= 4 is 24.8 Å². The lowest BCUT2D eigenvalue weighted by molar-refractivity contribution is -0.152. The van der Waals surface area contributed by atoms with E-state index in [1.54, 1.807) is 0 Å². The Morgan fingerprint density at radius 2 is 2.08 bits per heavy atom. The van der Waals surface area contributed by atoms with Gasteiger partial charge >= 0.3 is 12.4 Å². The zero-order valence-corrected chi connectivity index (χ0v) is 8.01. The van der Waals surface area contributed by atoms with Crippen molar-refractivity contribution in [2.24, 2.45) is 0 Å². The topological polar surface area (TPSA) is 58.6 Å². The average Bonchev–Trinajstić information content (AvgIpc) is 2.06. The number of hydrogen-bond donors (Lipinski definition) is 1. The number of hydrogen-bond acceptors (Lipinski definition) is 5. The monoisotopic (exact) mass is 208 g/mol. The van der Waals surface area contributed by atoms with Gasteiger partial charge in [-0.05, 0) is 0 Å². The summed E-state index contributed by atoms with van der Waals surface area (Å²) in [5.74, 6) is -0.480. The highest BCUT2D eigenvalue weighted by Crippen LogP contribution is 1.91. The van der Waals surface area contributed by atoms with Gasteiger partial charge in [-0.1, -0.05) is 0 Å². The van der Waals surface area contributed by atoms with Gasteiger partial charge in [-0.15, -0.1) is 12.4 Å². The summed E-state index contributed by atoms with van der Waals surface area (Å²) in [7, 11) is 0. The number of nitrogens with one attached hydrogen (secondary N) is 1. The smallest absolute Gasteiger partial charge is 0.327 e. The summed E-state index contributed by atoms with van der Waals surface area (Å²) in [6.45, 7) is 3.80. The number of carbonyl (C=O) groups is 2. The summed E-state index contributed by atoms with van der Waals surface area (Å²) >= 11 is 0. The summed E-state index contributed by atoms with van der Waals surface area (Å²) in [5.41, 5.74) is 0. The molecule has 0 bridgehead atoms. The van der Waals surface area contributed by atoms with Crippen molar-refractivity contribution in [1.82, 2.24) is 10.2 Å². The third-order valence-electron chi connectivity index (χ3n) is 1.74. The van der Waals surface area contributed by atoms with Gasteiger partial charge in [0.05, 0.1) is 6.54 Å².